The van der Waals surface area contributed by atoms with Crippen molar-refractivity contribution in [2.24, 2.45) is 0 Å². The van der Waals surface area contributed by atoms with Gasteiger partial charge in [0.1, 0.15) is 6.10 Å². The summed E-state index contributed by atoms with van der Waals surface area (Å²) in [7, 11) is 0. The molecule has 1 fully saturated rings. The van der Waals surface area contributed by atoms with Crippen LogP contribution in [0.5, 0.6) is 0 Å². The van der Waals surface area contributed by atoms with E-state index in [2.05, 4.69) is 21.3 Å². The molecule has 0 radical (unpaired) electrons. The van der Waals surface area contributed by atoms with Gasteiger partial charge in [-0.1, -0.05) is 24.3 Å². The van der Waals surface area contributed by atoms with Gasteiger partial charge in [0.05, 0.1) is 0 Å². The Hall–Kier alpha value is -4.17. The van der Waals surface area contributed by atoms with Crippen LogP contribution in [-0.4, -0.2) is 30.6 Å². The first-order chi connectivity index (χ1) is 16.1. The van der Waals surface area contributed by atoms with E-state index in [1.807, 2.05) is 18.2 Å². The molecule has 0 aliphatic carbocycles. The fourth-order valence-corrected chi connectivity index (χ4v) is 3.40. The predicted molar refractivity (Wildman–Crippen MR) is 128 cm³/mol. The minimum atomic E-state index is -0.440. The van der Waals surface area contributed by atoms with Crippen molar-refractivity contribution in [3.63, 3.8) is 0 Å². The van der Waals surface area contributed by atoms with Crippen LogP contribution in [0.15, 0.2) is 78.9 Å². The van der Waals surface area contributed by atoms with Gasteiger partial charge in [0.15, 0.2) is 0 Å². The fourth-order valence-electron chi connectivity index (χ4n) is 3.40. The van der Waals surface area contributed by atoms with Gasteiger partial charge in [-0.15, -0.1) is 0 Å². The van der Waals surface area contributed by atoms with E-state index in [0.29, 0.717) is 41.3 Å². The van der Waals surface area contributed by atoms with Gasteiger partial charge in [-0.3, -0.25) is 9.59 Å². The van der Waals surface area contributed by atoms with Gasteiger partial charge < -0.3 is 26.0 Å². The van der Waals surface area contributed by atoms with Crippen LogP contribution in [0.2, 0.25) is 0 Å². The first-order valence-corrected chi connectivity index (χ1v) is 10.6. The number of carbonyl (C=O) groups excluding carboxylic acids is 3. The molecule has 1 aliphatic rings. The molecule has 3 aromatic rings. The summed E-state index contributed by atoms with van der Waals surface area (Å²) in [5.74, 6) is -0.518. The molecule has 8 heteroatoms. The van der Waals surface area contributed by atoms with Crippen molar-refractivity contribution in [1.29, 1.82) is 0 Å². The number of rotatable bonds is 6. The van der Waals surface area contributed by atoms with E-state index >= 15 is 0 Å². The van der Waals surface area contributed by atoms with E-state index < -0.39 is 6.10 Å². The zero-order valence-electron chi connectivity index (χ0n) is 17.8. The second kappa shape index (κ2) is 10.4. The average molecular weight is 444 g/mol. The van der Waals surface area contributed by atoms with E-state index in [1.165, 1.54) is 0 Å². The topological polar surface area (TPSA) is 109 Å². The number of nitrogens with one attached hydrogen (secondary N) is 4. The van der Waals surface area contributed by atoms with Crippen LogP contribution in [0.3, 0.4) is 0 Å². The lowest BCUT2D eigenvalue weighted by molar-refractivity contribution is -0.124. The van der Waals surface area contributed by atoms with Crippen LogP contribution in [0.25, 0.3) is 0 Å². The van der Waals surface area contributed by atoms with Crippen LogP contribution in [-0.2, 0) is 9.53 Å². The van der Waals surface area contributed by atoms with Gasteiger partial charge in [-0.05, 0) is 67.4 Å². The van der Waals surface area contributed by atoms with Gasteiger partial charge in [0, 0.05) is 34.9 Å². The van der Waals surface area contributed by atoms with Crippen LogP contribution < -0.4 is 21.3 Å². The molecule has 3 aromatic carbocycles. The quantitative estimate of drug-likeness (QED) is 0.442. The number of hydrogen-bond acceptors (Lipinski definition) is 4. The molecule has 1 unspecified atom stereocenters. The lowest BCUT2D eigenvalue weighted by Gasteiger charge is -2.12. The van der Waals surface area contributed by atoms with Crippen molar-refractivity contribution in [1.82, 2.24) is 0 Å². The molecule has 4 rings (SSSR count). The molecule has 33 heavy (non-hydrogen) atoms. The summed E-state index contributed by atoms with van der Waals surface area (Å²) >= 11 is 0. The summed E-state index contributed by atoms with van der Waals surface area (Å²) in [4.78, 5) is 37.0. The normalized spacial score (nSPS) is 14.8. The van der Waals surface area contributed by atoms with Crippen molar-refractivity contribution >= 4 is 40.6 Å². The predicted octanol–water partition coefficient (Wildman–Crippen LogP) is 4.70. The van der Waals surface area contributed by atoms with Gasteiger partial charge in [-0.25, -0.2) is 4.79 Å². The Balaban J connectivity index is 1.32. The lowest BCUT2D eigenvalue weighted by atomic mass is 10.1. The van der Waals surface area contributed by atoms with Crippen molar-refractivity contribution < 1.29 is 19.1 Å². The molecule has 168 valence electrons. The van der Waals surface area contributed by atoms with Crippen molar-refractivity contribution in [2.45, 2.75) is 18.9 Å². The summed E-state index contributed by atoms with van der Waals surface area (Å²) in [6, 6.07) is 22.3. The van der Waals surface area contributed by atoms with Crippen molar-refractivity contribution in [3.05, 3.63) is 84.4 Å². The van der Waals surface area contributed by atoms with Crippen LogP contribution >= 0.6 is 0 Å². The monoisotopic (exact) mass is 444 g/mol. The lowest BCUT2D eigenvalue weighted by Crippen LogP contribution is -2.27. The zero-order chi connectivity index (χ0) is 23.0. The van der Waals surface area contributed by atoms with Crippen LogP contribution in [0.1, 0.15) is 23.2 Å². The number of urea groups is 1. The van der Waals surface area contributed by atoms with E-state index in [9.17, 15) is 14.4 Å². The van der Waals surface area contributed by atoms with E-state index in [1.54, 1.807) is 60.7 Å². The largest absolute Gasteiger partial charge is 0.368 e. The number of benzene rings is 3. The molecule has 1 saturated heterocycles. The van der Waals surface area contributed by atoms with Gasteiger partial charge in [0.25, 0.3) is 11.8 Å². The number of anilines is 4. The highest BCUT2D eigenvalue weighted by atomic mass is 16.5. The Kier molecular flexibility index (Phi) is 6.96. The highest BCUT2D eigenvalue weighted by Crippen LogP contribution is 2.18. The Labute approximate surface area is 191 Å². The molecule has 1 atom stereocenters. The maximum Gasteiger partial charge on any atom is 0.323 e. The van der Waals surface area contributed by atoms with Crippen LogP contribution in [0, 0.1) is 0 Å². The highest BCUT2D eigenvalue weighted by Gasteiger charge is 2.23. The third-order valence-electron chi connectivity index (χ3n) is 5.05. The van der Waals surface area contributed by atoms with Crippen LogP contribution in [0.4, 0.5) is 27.5 Å². The maximum absolute atomic E-state index is 12.6. The minimum absolute atomic E-state index is 0.204. The fraction of sp³-hybridized carbons (Fsp3) is 0.160. The molecule has 1 aliphatic heterocycles. The molecule has 0 saturated carbocycles. The Morgan fingerprint density at radius 3 is 2.00 bits per heavy atom. The number of hydrogen-bond donors (Lipinski definition) is 4. The molecule has 0 bridgehead atoms. The Bertz CT molecular complexity index is 1130. The molecular weight excluding hydrogens is 420 g/mol. The molecule has 0 spiro atoms. The standard InChI is InChI=1S/C25H24N4O4/c30-23(17-6-4-9-21(16-17)27-24(31)22-10-5-15-33-22)26-19-11-13-20(14-12-19)29-25(32)28-18-7-2-1-3-8-18/h1-4,6-9,11-14,16,22H,5,10,15H2,(H,26,30)(H,27,31)(H2,28,29,32). The first kappa shape index (κ1) is 22.0. The van der Waals surface area contributed by atoms with Gasteiger partial charge in [0.2, 0.25) is 0 Å². The summed E-state index contributed by atoms with van der Waals surface area (Å²) in [5, 5.41) is 11.1. The molecule has 0 aromatic heterocycles. The number of amides is 4. The SMILES string of the molecule is O=C(Nc1ccccc1)Nc1ccc(NC(=O)c2cccc(NC(=O)C3CCCO3)c2)cc1. The van der Waals surface area contributed by atoms with Gasteiger partial charge >= 0.3 is 6.03 Å². The highest BCUT2D eigenvalue weighted by molar-refractivity contribution is 6.06. The first-order valence-electron chi connectivity index (χ1n) is 10.6. The third kappa shape index (κ3) is 6.18. The molecule has 4 amide bonds. The maximum atomic E-state index is 12.6. The molecule has 8 nitrogen and oxygen atoms in total. The van der Waals surface area contributed by atoms with E-state index in [0.717, 1.165) is 6.42 Å². The van der Waals surface area contributed by atoms with E-state index in [-0.39, 0.29) is 17.8 Å². The molecule has 4 N–H and O–H groups in total. The number of para-hydroxylation sites is 1. The van der Waals surface area contributed by atoms with Crippen molar-refractivity contribution in [3.8, 4) is 0 Å². The minimum Gasteiger partial charge on any atom is -0.368 e. The summed E-state index contributed by atoms with van der Waals surface area (Å²) in [6.45, 7) is 0.590. The second-order valence-electron chi connectivity index (χ2n) is 7.55. The Morgan fingerprint density at radius 2 is 1.33 bits per heavy atom. The summed E-state index contributed by atoms with van der Waals surface area (Å²) in [6.07, 6.45) is 1.13. The molecular formula is C25H24N4O4. The van der Waals surface area contributed by atoms with E-state index in [4.69, 9.17) is 4.74 Å². The molecule has 1 heterocycles. The smallest absolute Gasteiger partial charge is 0.323 e. The summed E-state index contributed by atoms with van der Waals surface area (Å²) in [5.41, 5.74) is 2.79. The van der Waals surface area contributed by atoms with Crippen molar-refractivity contribution in [2.75, 3.05) is 27.9 Å². The number of carbonyl (C=O) groups is 3. The second-order valence-corrected chi connectivity index (χ2v) is 7.55. The average Bonchev–Trinajstić information content (AvgIpc) is 3.36. The Morgan fingerprint density at radius 1 is 0.697 bits per heavy atom. The zero-order valence-corrected chi connectivity index (χ0v) is 17.8. The third-order valence-corrected chi connectivity index (χ3v) is 5.05. The summed E-state index contributed by atoms with van der Waals surface area (Å²) < 4.78 is 5.39. The number of ether oxygens (including phenoxy) is 1. The van der Waals surface area contributed by atoms with Gasteiger partial charge in [-0.2, -0.15) is 0 Å².